The number of nitrogens with zero attached hydrogens (tertiary/aromatic N) is 2. The molecule has 0 saturated heterocycles. The summed E-state index contributed by atoms with van der Waals surface area (Å²) in [5.41, 5.74) is 3.09. The van der Waals surface area contributed by atoms with Gasteiger partial charge in [-0.15, -0.1) is 11.8 Å². The number of rotatable bonds is 6. The number of dihydropyridines is 1. The van der Waals surface area contributed by atoms with Gasteiger partial charge in [-0.3, -0.25) is 14.9 Å². The van der Waals surface area contributed by atoms with Gasteiger partial charge in [0.05, 0.1) is 27.5 Å². The average Bonchev–Trinajstić information content (AvgIpc) is 2.72. The highest BCUT2D eigenvalue weighted by atomic mass is 32.2. The summed E-state index contributed by atoms with van der Waals surface area (Å²) >= 11 is 1.48. The Labute approximate surface area is 173 Å². The number of carbonyl (C=O) groups excluding carboxylic acids is 1. The molecule has 3 rings (SSSR count). The van der Waals surface area contributed by atoms with Gasteiger partial charge in [0, 0.05) is 29.2 Å². The molecule has 0 aromatic heterocycles. The fourth-order valence-electron chi connectivity index (χ4n) is 3.37. The van der Waals surface area contributed by atoms with E-state index in [1.165, 1.54) is 30.8 Å². The molecule has 0 radical (unpaired) electrons. The van der Waals surface area contributed by atoms with E-state index in [0.717, 1.165) is 5.56 Å². The molecule has 146 valence electrons. The summed E-state index contributed by atoms with van der Waals surface area (Å²) in [5.74, 6) is -0.165. The smallest absolute Gasteiger partial charge is 0.269 e. The predicted octanol–water partition coefficient (Wildman–Crippen LogP) is 4.81. The molecule has 1 N–H and O–H groups in total. The number of non-ortho nitro benzene ring substituents is 1. The molecule has 1 atom stereocenters. The number of nitro groups is 1. The van der Waals surface area contributed by atoms with Crippen LogP contribution < -0.4 is 5.32 Å². The number of nitro benzene ring substituents is 1. The zero-order valence-corrected chi connectivity index (χ0v) is 16.8. The first-order valence-corrected chi connectivity index (χ1v) is 9.95. The van der Waals surface area contributed by atoms with E-state index < -0.39 is 10.8 Å². The molecule has 0 amide bonds. The van der Waals surface area contributed by atoms with Crippen LogP contribution in [0.3, 0.4) is 0 Å². The molecule has 0 spiro atoms. The van der Waals surface area contributed by atoms with Crippen molar-refractivity contribution >= 4 is 23.2 Å². The Balaban J connectivity index is 2.06. The average molecular weight is 405 g/mol. The summed E-state index contributed by atoms with van der Waals surface area (Å²) in [6.07, 6.45) is 0. The van der Waals surface area contributed by atoms with Gasteiger partial charge < -0.3 is 5.32 Å². The van der Waals surface area contributed by atoms with Gasteiger partial charge in [-0.1, -0.05) is 42.5 Å². The molecule has 0 aliphatic carbocycles. The molecule has 1 heterocycles. The Morgan fingerprint density at radius 3 is 2.59 bits per heavy atom. The van der Waals surface area contributed by atoms with Crippen molar-refractivity contribution in [3.63, 3.8) is 0 Å². The number of nitriles is 1. The number of carbonyl (C=O) groups is 1. The summed E-state index contributed by atoms with van der Waals surface area (Å²) in [6.45, 7) is 3.24. The van der Waals surface area contributed by atoms with Crippen molar-refractivity contribution in [1.82, 2.24) is 5.32 Å². The minimum atomic E-state index is -0.642. The molecular weight excluding hydrogens is 386 g/mol. The van der Waals surface area contributed by atoms with Crippen molar-refractivity contribution in [2.24, 2.45) is 0 Å². The number of hydrogen-bond acceptors (Lipinski definition) is 6. The number of thioether (sulfide) groups is 1. The summed E-state index contributed by atoms with van der Waals surface area (Å²) in [6, 6.07) is 18.2. The molecule has 6 nitrogen and oxygen atoms in total. The van der Waals surface area contributed by atoms with Crippen LogP contribution in [0.25, 0.3) is 0 Å². The zero-order valence-electron chi connectivity index (χ0n) is 16.0. The fourth-order valence-corrected chi connectivity index (χ4v) is 4.42. The zero-order chi connectivity index (χ0) is 21.0. The summed E-state index contributed by atoms with van der Waals surface area (Å²) < 4.78 is 0. The molecule has 0 saturated carbocycles. The van der Waals surface area contributed by atoms with E-state index >= 15 is 0 Å². The molecule has 2 aromatic carbocycles. The van der Waals surface area contributed by atoms with Crippen LogP contribution >= 0.6 is 11.8 Å². The number of ketones is 1. The molecule has 29 heavy (non-hydrogen) atoms. The number of benzene rings is 2. The second-order valence-corrected chi connectivity index (χ2v) is 7.62. The third-order valence-electron chi connectivity index (χ3n) is 4.67. The normalized spacial score (nSPS) is 16.2. The van der Waals surface area contributed by atoms with E-state index in [9.17, 15) is 20.2 Å². The molecule has 2 aromatic rings. The minimum Gasteiger partial charge on any atom is -0.353 e. The maximum atomic E-state index is 12.4. The van der Waals surface area contributed by atoms with Crippen LogP contribution in [-0.4, -0.2) is 10.7 Å². The standard InChI is InChI=1S/C22H19N3O3S/c1-14-20(15(2)26)21(17-9-6-10-18(11-17)25(27)28)19(12-23)22(24-14)29-13-16-7-4-3-5-8-16/h3-11,21,24H,13H2,1-2H3. The monoisotopic (exact) mass is 405 g/mol. The number of hydrogen-bond donors (Lipinski definition) is 1. The molecule has 1 aliphatic rings. The van der Waals surface area contributed by atoms with Gasteiger partial charge in [-0.05, 0) is 25.0 Å². The first-order valence-electron chi connectivity index (χ1n) is 8.96. The van der Waals surface area contributed by atoms with Crippen LogP contribution in [0.4, 0.5) is 5.69 Å². The topological polar surface area (TPSA) is 96.0 Å². The summed E-state index contributed by atoms with van der Waals surface area (Å²) in [7, 11) is 0. The Morgan fingerprint density at radius 1 is 1.24 bits per heavy atom. The third-order valence-corrected chi connectivity index (χ3v) is 5.76. The highest BCUT2D eigenvalue weighted by molar-refractivity contribution is 8.02. The van der Waals surface area contributed by atoms with Crippen LogP contribution in [0.15, 0.2) is 76.5 Å². The van der Waals surface area contributed by atoms with Gasteiger partial charge in [-0.2, -0.15) is 5.26 Å². The Hall–Kier alpha value is -3.37. The Bertz CT molecular complexity index is 1070. The van der Waals surface area contributed by atoms with E-state index in [-0.39, 0.29) is 11.5 Å². The second kappa shape index (κ2) is 8.76. The fraction of sp³-hybridized carbons (Fsp3) is 0.182. The first-order chi connectivity index (χ1) is 13.9. The van der Waals surface area contributed by atoms with Crippen LogP contribution in [0.5, 0.6) is 0 Å². The maximum Gasteiger partial charge on any atom is 0.269 e. The van der Waals surface area contributed by atoms with Gasteiger partial charge in [0.2, 0.25) is 0 Å². The van der Waals surface area contributed by atoms with Crippen LogP contribution in [-0.2, 0) is 10.5 Å². The van der Waals surface area contributed by atoms with E-state index in [2.05, 4.69) is 11.4 Å². The molecule has 1 unspecified atom stereocenters. The maximum absolute atomic E-state index is 12.4. The van der Waals surface area contributed by atoms with Crippen molar-refractivity contribution in [2.75, 3.05) is 0 Å². The van der Waals surface area contributed by atoms with Crippen molar-refractivity contribution in [2.45, 2.75) is 25.5 Å². The molecule has 0 fully saturated rings. The number of Topliss-reactive ketones (excluding diaryl/α,β-unsaturated/α-hetero) is 1. The third kappa shape index (κ3) is 4.39. The van der Waals surface area contributed by atoms with Crippen molar-refractivity contribution in [3.05, 3.63) is 97.7 Å². The van der Waals surface area contributed by atoms with Crippen LogP contribution in [0.1, 0.15) is 30.9 Å². The van der Waals surface area contributed by atoms with E-state index in [0.29, 0.717) is 33.2 Å². The second-order valence-electron chi connectivity index (χ2n) is 6.63. The van der Waals surface area contributed by atoms with Gasteiger partial charge in [0.1, 0.15) is 0 Å². The van der Waals surface area contributed by atoms with Crippen molar-refractivity contribution < 1.29 is 9.72 Å². The van der Waals surface area contributed by atoms with Crippen LogP contribution in [0, 0.1) is 21.4 Å². The quantitative estimate of drug-likeness (QED) is 0.547. The molecule has 1 aliphatic heterocycles. The van der Waals surface area contributed by atoms with Crippen LogP contribution in [0.2, 0.25) is 0 Å². The summed E-state index contributed by atoms with van der Waals surface area (Å²) in [4.78, 5) is 23.1. The lowest BCUT2D eigenvalue weighted by Gasteiger charge is -2.29. The van der Waals surface area contributed by atoms with Gasteiger partial charge in [-0.25, -0.2) is 0 Å². The van der Waals surface area contributed by atoms with Crippen molar-refractivity contribution in [1.29, 1.82) is 5.26 Å². The lowest BCUT2D eigenvalue weighted by molar-refractivity contribution is -0.384. The van der Waals surface area contributed by atoms with Gasteiger partial charge in [0.15, 0.2) is 5.78 Å². The largest absolute Gasteiger partial charge is 0.353 e. The van der Waals surface area contributed by atoms with E-state index in [1.807, 2.05) is 30.3 Å². The first kappa shape index (κ1) is 20.4. The lowest BCUT2D eigenvalue weighted by Crippen LogP contribution is -2.27. The summed E-state index contributed by atoms with van der Waals surface area (Å²) in [5, 5.41) is 25.0. The van der Waals surface area contributed by atoms with Gasteiger partial charge in [0.25, 0.3) is 5.69 Å². The molecular formula is C22H19N3O3S. The Morgan fingerprint density at radius 2 is 1.97 bits per heavy atom. The number of nitrogens with one attached hydrogen (secondary N) is 1. The highest BCUT2D eigenvalue weighted by Crippen LogP contribution is 2.42. The lowest BCUT2D eigenvalue weighted by atomic mass is 9.81. The van der Waals surface area contributed by atoms with E-state index in [4.69, 9.17) is 0 Å². The Kier molecular flexibility index (Phi) is 6.15. The predicted molar refractivity (Wildman–Crippen MR) is 113 cm³/mol. The van der Waals surface area contributed by atoms with E-state index in [1.54, 1.807) is 19.1 Å². The number of allylic oxidation sites excluding steroid dienone is 3. The highest BCUT2D eigenvalue weighted by Gasteiger charge is 2.33. The van der Waals surface area contributed by atoms with Gasteiger partial charge >= 0.3 is 0 Å². The molecule has 7 heteroatoms. The SMILES string of the molecule is CC(=O)C1=C(C)NC(SCc2ccccc2)=C(C#N)C1c1cccc([N+](=O)[O-])c1. The van der Waals surface area contributed by atoms with Crippen molar-refractivity contribution in [3.8, 4) is 6.07 Å². The molecule has 0 bridgehead atoms. The minimum absolute atomic E-state index is 0.0719.